The molecule has 0 amide bonds. The average Bonchev–Trinajstić information content (AvgIpc) is 1.08. The van der Waals surface area contributed by atoms with Crippen LogP contribution in [0.1, 0.15) is 111 Å². The molecule has 0 N–H and O–H groups in total. The Bertz CT molecular complexity index is 4380. The van der Waals surface area contributed by atoms with E-state index in [9.17, 15) is 0 Å². The van der Waals surface area contributed by atoms with Crippen LogP contribution in [0, 0.1) is 6.92 Å². The monoisotopic (exact) mass is 1150 g/mol. The number of hydrogen-bond acceptors (Lipinski definition) is 6. The normalized spacial score (nSPS) is 13.8. The molecule has 1 aromatic heterocycles. The van der Waals surface area contributed by atoms with E-state index >= 15 is 0 Å². The highest BCUT2D eigenvalue weighted by Crippen LogP contribution is 2.57. The fraction of sp³-hybridized carbons (Fsp3) is 0.221. The Labute approximate surface area is 510 Å². The standard InChI is InChI=1S/C77H72BN3S3/c1-47-41-51(76(8,9)10)31-39-60(47)81-62-43-55(79(53-33-27-49(28-34-53)74(2,3)4)54-35-29-50(30-36-54)75(5,6)7)37-38-56(62)72-71-57-23-17-18-24-65(57)82-70(71)46-64-73(72)78(81)59-44-68-69(84-67-26-20-19-25-66(67)83-68)45-63(59)80(64)61-40-32-52(77(11,12)13)42-58(61)48-21-15-14-16-22-48/h14-46H,1-13H3. The van der Waals surface area contributed by atoms with E-state index in [1.54, 1.807) is 0 Å². The maximum absolute atomic E-state index is 2.76. The second kappa shape index (κ2) is 19.8. The molecule has 11 aromatic rings. The van der Waals surface area contributed by atoms with Crippen molar-refractivity contribution in [2.45, 2.75) is 131 Å². The molecule has 0 bridgehead atoms. The molecule has 416 valence electrons. The minimum atomic E-state index is -0.223. The predicted octanol–water partition coefficient (Wildman–Crippen LogP) is 22.0. The number of benzene rings is 10. The molecule has 14 rings (SSSR count). The van der Waals surface area contributed by atoms with Crippen molar-refractivity contribution < 1.29 is 0 Å². The molecule has 0 saturated heterocycles. The Kier molecular flexibility index (Phi) is 12.9. The number of thiophene rings is 1. The van der Waals surface area contributed by atoms with Crippen LogP contribution in [0.25, 0.3) is 42.4 Å². The first-order valence-electron chi connectivity index (χ1n) is 29.8. The lowest BCUT2D eigenvalue weighted by Crippen LogP contribution is -2.61. The van der Waals surface area contributed by atoms with Crippen molar-refractivity contribution in [2.75, 3.05) is 14.6 Å². The molecule has 7 heteroatoms. The molecule has 3 nitrogen and oxygen atoms in total. The predicted molar refractivity (Wildman–Crippen MR) is 367 cm³/mol. The Morgan fingerprint density at radius 3 is 1.54 bits per heavy atom. The molecule has 84 heavy (non-hydrogen) atoms. The fourth-order valence-electron chi connectivity index (χ4n) is 13.0. The number of hydrogen-bond donors (Lipinski definition) is 0. The van der Waals surface area contributed by atoms with Crippen LogP contribution < -0.4 is 25.5 Å². The Balaban J connectivity index is 1.12. The van der Waals surface area contributed by atoms with Crippen LogP contribution in [0.3, 0.4) is 0 Å². The van der Waals surface area contributed by atoms with Gasteiger partial charge in [0, 0.05) is 90.7 Å². The van der Waals surface area contributed by atoms with Crippen LogP contribution in [0.5, 0.6) is 0 Å². The summed E-state index contributed by atoms with van der Waals surface area (Å²) in [6, 6.07) is 77.5. The quantitative estimate of drug-likeness (QED) is 0.153. The average molecular weight is 1150 g/mol. The molecule has 0 fully saturated rings. The second-order valence-electron chi connectivity index (χ2n) is 27.5. The Hall–Kier alpha value is -7.42. The number of aryl methyl sites for hydroxylation is 1. The second-order valence-corrected chi connectivity index (χ2v) is 30.8. The van der Waals surface area contributed by atoms with E-state index in [1.807, 2.05) is 34.9 Å². The summed E-state index contributed by atoms with van der Waals surface area (Å²) in [6.07, 6.45) is 0. The zero-order valence-electron chi connectivity index (χ0n) is 50.7. The lowest BCUT2D eigenvalue weighted by Gasteiger charge is -2.47. The lowest BCUT2D eigenvalue weighted by atomic mass is 9.43. The van der Waals surface area contributed by atoms with Gasteiger partial charge in [-0.3, -0.25) is 0 Å². The van der Waals surface area contributed by atoms with E-state index in [0.29, 0.717) is 0 Å². The summed E-state index contributed by atoms with van der Waals surface area (Å²) in [5.41, 5.74) is 23.4. The van der Waals surface area contributed by atoms with E-state index < -0.39 is 0 Å². The highest BCUT2D eigenvalue weighted by atomic mass is 32.2. The van der Waals surface area contributed by atoms with Gasteiger partial charge in [0.05, 0.1) is 5.69 Å². The van der Waals surface area contributed by atoms with Crippen LogP contribution in [0.15, 0.2) is 220 Å². The van der Waals surface area contributed by atoms with Gasteiger partial charge in [0.2, 0.25) is 0 Å². The van der Waals surface area contributed by atoms with Crippen molar-refractivity contribution in [2.24, 2.45) is 0 Å². The molecular weight excluding hydrogens is 1070 g/mol. The minimum absolute atomic E-state index is 0.0124. The third-order valence-electron chi connectivity index (χ3n) is 17.6. The fourth-order valence-corrected chi connectivity index (χ4v) is 16.4. The van der Waals surface area contributed by atoms with E-state index in [2.05, 4.69) is 305 Å². The van der Waals surface area contributed by atoms with Crippen LogP contribution in [-0.2, 0) is 21.7 Å². The molecular formula is C77H72BN3S3. The van der Waals surface area contributed by atoms with Crippen LogP contribution in [0.4, 0.5) is 45.5 Å². The number of anilines is 8. The first-order valence-corrected chi connectivity index (χ1v) is 32.2. The van der Waals surface area contributed by atoms with Crippen LogP contribution >= 0.6 is 34.9 Å². The molecule has 10 aromatic carbocycles. The maximum atomic E-state index is 2.76. The number of rotatable bonds is 6. The van der Waals surface area contributed by atoms with Crippen molar-refractivity contribution in [3.05, 3.63) is 228 Å². The summed E-state index contributed by atoms with van der Waals surface area (Å²) in [5.74, 6) is 0. The molecule has 0 saturated carbocycles. The molecule has 0 atom stereocenters. The van der Waals surface area contributed by atoms with Gasteiger partial charge < -0.3 is 14.6 Å². The van der Waals surface area contributed by atoms with Crippen molar-refractivity contribution in [1.82, 2.24) is 0 Å². The van der Waals surface area contributed by atoms with Crippen LogP contribution in [-0.4, -0.2) is 6.85 Å². The van der Waals surface area contributed by atoms with Gasteiger partial charge >= 0.3 is 6.85 Å². The maximum Gasteiger partial charge on any atom is 0.333 e. The molecule has 0 aliphatic carbocycles. The van der Waals surface area contributed by atoms with Gasteiger partial charge in [0.15, 0.2) is 0 Å². The van der Waals surface area contributed by atoms with E-state index in [-0.39, 0.29) is 28.5 Å². The zero-order valence-corrected chi connectivity index (χ0v) is 53.1. The van der Waals surface area contributed by atoms with Gasteiger partial charge in [-0.2, -0.15) is 0 Å². The smallest absolute Gasteiger partial charge is 0.333 e. The summed E-state index contributed by atoms with van der Waals surface area (Å²) in [4.78, 5) is 13.1. The Morgan fingerprint density at radius 1 is 0.393 bits per heavy atom. The van der Waals surface area contributed by atoms with Gasteiger partial charge in [-0.1, -0.05) is 216 Å². The Morgan fingerprint density at radius 2 is 0.929 bits per heavy atom. The molecule has 3 aliphatic heterocycles. The molecule has 3 aliphatic rings. The largest absolute Gasteiger partial charge is 0.376 e. The van der Waals surface area contributed by atoms with Gasteiger partial charge in [-0.15, -0.1) is 11.3 Å². The molecule has 0 unspecified atom stereocenters. The first-order chi connectivity index (χ1) is 40.1. The third kappa shape index (κ3) is 9.19. The van der Waals surface area contributed by atoms with E-state index in [0.717, 1.165) is 17.1 Å². The van der Waals surface area contributed by atoms with Crippen molar-refractivity contribution in [1.29, 1.82) is 0 Å². The summed E-state index contributed by atoms with van der Waals surface area (Å²) < 4.78 is 2.58. The molecule has 4 heterocycles. The first kappa shape index (κ1) is 54.5. The third-order valence-corrected chi connectivity index (χ3v) is 21.3. The van der Waals surface area contributed by atoms with Crippen molar-refractivity contribution >= 4 is 118 Å². The highest BCUT2D eigenvalue weighted by molar-refractivity contribution is 8.05. The summed E-state index contributed by atoms with van der Waals surface area (Å²) in [7, 11) is 0. The SMILES string of the molecule is Cc1cc(C(C)(C)C)ccc1N1B2c3cc4c(cc3N(c3ccc(C(C)(C)C)cc3-c3ccccc3)c3cc5sc6ccccc6c5c(c32)-c2ccc(N(c3ccc(C(C)(C)C)cc3)c3ccc(C(C)(C)C)cc3)cc21)Sc1ccccc1S4. The number of fused-ring (bicyclic) bond motifs is 10. The van der Waals surface area contributed by atoms with Crippen molar-refractivity contribution in [3.8, 4) is 22.3 Å². The summed E-state index contributed by atoms with van der Waals surface area (Å²) in [5, 5.41) is 2.63. The highest BCUT2D eigenvalue weighted by Gasteiger charge is 2.48. The van der Waals surface area contributed by atoms with Gasteiger partial charge in [-0.05, 0) is 169 Å². The lowest BCUT2D eigenvalue weighted by molar-refractivity contribution is 0.589. The number of nitrogens with zero attached hydrogens (tertiary/aromatic N) is 3. The van der Waals surface area contributed by atoms with Crippen molar-refractivity contribution in [3.63, 3.8) is 0 Å². The summed E-state index contributed by atoms with van der Waals surface area (Å²) >= 11 is 5.74. The minimum Gasteiger partial charge on any atom is -0.376 e. The van der Waals surface area contributed by atoms with Gasteiger partial charge in [-0.25, -0.2) is 0 Å². The van der Waals surface area contributed by atoms with E-state index in [4.69, 9.17) is 0 Å². The molecule has 0 radical (unpaired) electrons. The topological polar surface area (TPSA) is 9.72 Å². The molecule has 0 spiro atoms. The van der Waals surface area contributed by atoms with E-state index in [1.165, 1.54) is 129 Å². The zero-order chi connectivity index (χ0) is 58.4. The van der Waals surface area contributed by atoms with Gasteiger partial charge in [0.25, 0.3) is 0 Å². The van der Waals surface area contributed by atoms with Gasteiger partial charge in [0.1, 0.15) is 0 Å². The van der Waals surface area contributed by atoms with Crippen LogP contribution in [0.2, 0.25) is 0 Å². The summed E-state index contributed by atoms with van der Waals surface area (Å²) in [6.45, 7) is 29.9.